The van der Waals surface area contributed by atoms with E-state index in [4.69, 9.17) is 0 Å². The lowest BCUT2D eigenvalue weighted by Gasteiger charge is -2.25. The molecule has 0 aliphatic carbocycles. The first-order valence-corrected chi connectivity index (χ1v) is 6.84. The van der Waals surface area contributed by atoms with Gasteiger partial charge >= 0.3 is 0 Å². The van der Waals surface area contributed by atoms with Crippen molar-refractivity contribution in [3.05, 3.63) is 25.2 Å². The van der Waals surface area contributed by atoms with Gasteiger partial charge in [-0.1, -0.05) is 6.08 Å². The number of likely N-dealkylation sites (N-methyl/N-ethyl adjacent to an activating group) is 2. The van der Waals surface area contributed by atoms with Crippen LogP contribution in [0.4, 0.5) is 5.82 Å². The van der Waals surface area contributed by atoms with Gasteiger partial charge in [0.2, 0.25) is 0 Å². The van der Waals surface area contributed by atoms with Gasteiger partial charge in [0.15, 0.2) is 5.65 Å². The van der Waals surface area contributed by atoms with E-state index in [1.165, 1.54) is 0 Å². The highest BCUT2D eigenvalue weighted by Gasteiger charge is 2.13. The van der Waals surface area contributed by atoms with Crippen LogP contribution in [0.2, 0.25) is 0 Å². The highest BCUT2D eigenvalue weighted by molar-refractivity contribution is 5.86. The lowest BCUT2D eigenvalue weighted by molar-refractivity contribution is 0.376. The Morgan fingerprint density at radius 1 is 1.35 bits per heavy atom. The topological polar surface area (TPSA) is 50.1 Å². The van der Waals surface area contributed by atoms with E-state index in [1.54, 1.807) is 11.0 Å². The zero-order valence-electron chi connectivity index (χ0n) is 12.5. The van der Waals surface area contributed by atoms with Gasteiger partial charge in [-0.05, 0) is 14.0 Å². The molecule has 6 heteroatoms. The first-order chi connectivity index (χ1) is 9.67. The number of fused-ring (bicyclic) bond motifs is 1. The number of aryl methyl sites for hydroxylation is 1. The molecule has 2 aromatic heterocycles. The Labute approximate surface area is 119 Å². The largest absolute Gasteiger partial charge is 0.355 e. The Morgan fingerprint density at radius 2 is 2.15 bits per heavy atom. The average molecular weight is 274 g/mol. The summed E-state index contributed by atoms with van der Waals surface area (Å²) in [5, 5.41) is 5.26. The molecular formula is C14H22N6. The quantitative estimate of drug-likeness (QED) is 0.712. The smallest absolute Gasteiger partial charge is 0.163 e. The molecule has 0 amide bonds. The summed E-state index contributed by atoms with van der Waals surface area (Å²) < 4.78 is 1.78. The Kier molecular flexibility index (Phi) is 4.68. The lowest BCUT2D eigenvalue weighted by atomic mass is 10.3. The molecule has 0 saturated heterocycles. The van der Waals surface area contributed by atoms with Gasteiger partial charge in [-0.2, -0.15) is 5.10 Å². The number of anilines is 1. The molecule has 0 atom stereocenters. The summed E-state index contributed by atoms with van der Waals surface area (Å²) in [5.74, 6) is 0.956. The highest BCUT2D eigenvalue weighted by Crippen LogP contribution is 2.21. The fraction of sp³-hybridized carbons (Fsp3) is 0.500. The maximum absolute atomic E-state index is 4.44. The SMILES string of the molecule is C=CCN(C)CCN(CC)c1ncnc2c1cnn2C. The first kappa shape index (κ1) is 14.5. The van der Waals surface area contributed by atoms with Crippen LogP contribution in [0, 0.1) is 0 Å². The number of hydrogen-bond acceptors (Lipinski definition) is 5. The van der Waals surface area contributed by atoms with E-state index in [0.717, 1.165) is 43.0 Å². The van der Waals surface area contributed by atoms with E-state index in [1.807, 2.05) is 19.3 Å². The molecular weight excluding hydrogens is 252 g/mol. The van der Waals surface area contributed by atoms with Crippen molar-refractivity contribution >= 4 is 16.9 Å². The summed E-state index contributed by atoms with van der Waals surface area (Å²) in [6.07, 6.45) is 5.36. The molecule has 0 N–H and O–H groups in total. The third kappa shape index (κ3) is 2.96. The number of aromatic nitrogens is 4. The van der Waals surface area contributed by atoms with Crippen molar-refractivity contribution in [2.24, 2.45) is 7.05 Å². The molecule has 0 radical (unpaired) electrons. The molecule has 0 unspecified atom stereocenters. The van der Waals surface area contributed by atoms with Crippen LogP contribution < -0.4 is 4.90 Å². The van der Waals surface area contributed by atoms with E-state index < -0.39 is 0 Å². The van der Waals surface area contributed by atoms with Crippen LogP contribution in [-0.2, 0) is 7.05 Å². The monoisotopic (exact) mass is 274 g/mol. The normalized spacial score (nSPS) is 11.2. The standard InChI is InChI=1S/C14H22N6/c1-5-7-18(3)8-9-20(6-2)14-12-10-17-19(4)13(12)15-11-16-14/h5,10-11H,1,6-9H2,2-4H3. The molecule has 6 nitrogen and oxygen atoms in total. The van der Waals surface area contributed by atoms with Gasteiger partial charge in [0, 0.05) is 33.2 Å². The lowest BCUT2D eigenvalue weighted by Crippen LogP contribution is -2.33. The van der Waals surface area contributed by atoms with Crippen LogP contribution >= 0.6 is 0 Å². The van der Waals surface area contributed by atoms with Crippen molar-refractivity contribution < 1.29 is 0 Å². The van der Waals surface area contributed by atoms with Crippen molar-refractivity contribution in [3.8, 4) is 0 Å². The van der Waals surface area contributed by atoms with Gasteiger partial charge in [0.05, 0.1) is 11.6 Å². The number of nitrogens with zero attached hydrogens (tertiary/aromatic N) is 6. The van der Waals surface area contributed by atoms with Crippen molar-refractivity contribution in [2.45, 2.75) is 6.92 Å². The van der Waals surface area contributed by atoms with Crippen LogP contribution in [-0.4, -0.2) is 57.9 Å². The van der Waals surface area contributed by atoms with Crippen LogP contribution in [0.25, 0.3) is 11.0 Å². The first-order valence-electron chi connectivity index (χ1n) is 6.84. The van der Waals surface area contributed by atoms with E-state index >= 15 is 0 Å². The minimum absolute atomic E-state index is 0.868. The minimum Gasteiger partial charge on any atom is -0.355 e. The molecule has 0 aromatic carbocycles. The van der Waals surface area contributed by atoms with Crippen LogP contribution in [0.3, 0.4) is 0 Å². The van der Waals surface area contributed by atoms with Crippen molar-refractivity contribution in [1.82, 2.24) is 24.6 Å². The molecule has 108 valence electrons. The van der Waals surface area contributed by atoms with Gasteiger partial charge in [-0.3, -0.25) is 4.68 Å². The van der Waals surface area contributed by atoms with E-state index in [2.05, 4.69) is 45.4 Å². The molecule has 0 bridgehead atoms. The maximum atomic E-state index is 4.44. The van der Waals surface area contributed by atoms with E-state index in [0.29, 0.717) is 0 Å². The Hall–Kier alpha value is -1.95. The van der Waals surface area contributed by atoms with Crippen LogP contribution in [0.5, 0.6) is 0 Å². The predicted octanol–water partition coefficient (Wildman–Crippen LogP) is 1.31. The Morgan fingerprint density at radius 3 is 2.85 bits per heavy atom. The third-order valence-electron chi connectivity index (χ3n) is 3.38. The van der Waals surface area contributed by atoms with Gasteiger partial charge in [-0.25, -0.2) is 9.97 Å². The summed E-state index contributed by atoms with van der Waals surface area (Å²) in [5.41, 5.74) is 0.868. The molecule has 0 fully saturated rings. The number of hydrogen-bond donors (Lipinski definition) is 0. The van der Waals surface area contributed by atoms with Crippen LogP contribution in [0.1, 0.15) is 6.92 Å². The fourth-order valence-corrected chi connectivity index (χ4v) is 2.22. The highest BCUT2D eigenvalue weighted by atomic mass is 15.3. The van der Waals surface area contributed by atoms with Crippen molar-refractivity contribution in [2.75, 3.05) is 38.1 Å². The molecule has 0 aliphatic heterocycles. The second kappa shape index (κ2) is 6.47. The van der Waals surface area contributed by atoms with Gasteiger partial charge < -0.3 is 9.80 Å². The third-order valence-corrected chi connectivity index (χ3v) is 3.38. The zero-order chi connectivity index (χ0) is 14.5. The maximum Gasteiger partial charge on any atom is 0.163 e. The number of rotatable bonds is 7. The summed E-state index contributed by atoms with van der Waals surface area (Å²) in [6, 6.07) is 0. The fourth-order valence-electron chi connectivity index (χ4n) is 2.22. The zero-order valence-corrected chi connectivity index (χ0v) is 12.5. The van der Waals surface area contributed by atoms with E-state index in [9.17, 15) is 0 Å². The molecule has 2 aromatic rings. The Bertz CT molecular complexity index is 576. The summed E-state index contributed by atoms with van der Waals surface area (Å²) in [7, 11) is 3.99. The van der Waals surface area contributed by atoms with Gasteiger partial charge in [0.25, 0.3) is 0 Å². The molecule has 2 rings (SSSR count). The average Bonchev–Trinajstić information content (AvgIpc) is 2.82. The predicted molar refractivity (Wildman–Crippen MR) is 81.9 cm³/mol. The van der Waals surface area contributed by atoms with Gasteiger partial charge in [0.1, 0.15) is 12.1 Å². The van der Waals surface area contributed by atoms with E-state index in [-0.39, 0.29) is 0 Å². The van der Waals surface area contributed by atoms with Crippen molar-refractivity contribution in [3.63, 3.8) is 0 Å². The summed E-state index contributed by atoms with van der Waals surface area (Å²) in [6.45, 7) is 9.58. The van der Waals surface area contributed by atoms with Crippen molar-refractivity contribution in [1.29, 1.82) is 0 Å². The minimum atomic E-state index is 0.868. The Balaban J connectivity index is 2.19. The molecule has 20 heavy (non-hydrogen) atoms. The second-order valence-electron chi connectivity index (χ2n) is 4.83. The summed E-state index contributed by atoms with van der Waals surface area (Å²) >= 11 is 0. The second-order valence-corrected chi connectivity index (χ2v) is 4.83. The van der Waals surface area contributed by atoms with Crippen LogP contribution in [0.15, 0.2) is 25.2 Å². The molecule has 0 saturated carbocycles. The molecule has 2 heterocycles. The summed E-state index contributed by atoms with van der Waals surface area (Å²) in [4.78, 5) is 13.2. The molecule has 0 aliphatic rings. The molecule has 0 spiro atoms. The van der Waals surface area contributed by atoms with Gasteiger partial charge in [-0.15, -0.1) is 6.58 Å².